The first kappa shape index (κ1) is 10.2. The third kappa shape index (κ3) is 2.06. The van der Waals surface area contributed by atoms with E-state index < -0.39 is 0 Å². The lowest BCUT2D eigenvalue weighted by Gasteiger charge is -2.25. The summed E-state index contributed by atoms with van der Waals surface area (Å²) in [6.07, 6.45) is 3.03. The summed E-state index contributed by atoms with van der Waals surface area (Å²) in [7, 11) is 0. The molecule has 0 bridgehead atoms. The van der Waals surface area contributed by atoms with Crippen LogP contribution in [0.3, 0.4) is 0 Å². The van der Waals surface area contributed by atoms with Crippen LogP contribution in [-0.2, 0) is 4.79 Å². The van der Waals surface area contributed by atoms with Gasteiger partial charge in [-0.05, 0) is 11.8 Å². The minimum Gasteiger partial charge on any atom is -0.294 e. The highest BCUT2D eigenvalue weighted by Crippen LogP contribution is 2.32. The van der Waals surface area contributed by atoms with Gasteiger partial charge in [0, 0.05) is 23.9 Å². The van der Waals surface area contributed by atoms with Crippen molar-refractivity contribution in [2.75, 3.05) is 0 Å². The Hall–Kier alpha value is -0.920. The predicted molar refractivity (Wildman–Crippen MR) is 54.9 cm³/mol. The van der Waals surface area contributed by atoms with Crippen LogP contribution in [0.1, 0.15) is 40.5 Å². The summed E-state index contributed by atoms with van der Waals surface area (Å²) in [5.74, 6) is 0.236. The fourth-order valence-electron chi connectivity index (χ4n) is 1.69. The second-order valence-electron chi connectivity index (χ2n) is 4.36. The molecule has 0 saturated carbocycles. The van der Waals surface area contributed by atoms with Crippen molar-refractivity contribution in [3.05, 3.63) is 11.3 Å². The van der Waals surface area contributed by atoms with Crippen LogP contribution >= 0.6 is 0 Å². The number of hydrogen-bond acceptors (Lipinski definition) is 2. The molecule has 72 valence electrons. The molecular weight excluding hydrogens is 162 g/mol. The number of carbonyl (C=O) groups excluding carboxylic acids is 1. The van der Waals surface area contributed by atoms with E-state index >= 15 is 0 Å². The number of Topliss-reactive ketones (excluding diaryl/α,β-unsaturated/α-hetero) is 1. The van der Waals surface area contributed by atoms with Crippen molar-refractivity contribution < 1.29 is 4.79 Å². The molecule has 1 aliphatic rings. The summed E-state index contributed by atoms with van der Waals surface area (Å²) in [6, 6.07) is 0. The Balaban J connectivity index is 3.17. The smallest absolute Gasteiger partial charge is 0.166 e. The minimum absolute atomic E-state index is 0.0693. The van der Waals surface area contributed by atoms with Gasteiger partial charge in [0.1, 0.15) is 0 Å². The molecule has 1 aliphatic heterocycles. The largest absolute Gasteiger partial charge is 0.294 e. The maximum Gasteiger partial charge on any atom is 0.166 e. The first-order valence-corrected chi connectivity index (χ1v) is 4.76. The Morgan fingerprint density at radius 3 is 2.46 bits per heavy atom. The number of hydrogen-bond donors (Lipinski definition) is 0. The Bertz CT molecular complexity index is 279. The van der Waals surface area contributed by atoms with Gasteiger partial charge in [-0.3, -0.25) is 9.79 Å². The van der Waals surface area contributed by atoms with E-state index in [4.69, 9.17) is 0 Å². The first-order valence-electron chi connectivity index (χ1n) is 4.76. The van der Waals surface area contributed by atoms with Crippen molar-refractivity contribution in [2.24, 2.45) is 10.4 Å². The van der Waals surface area contributed by atoms with Gasteiger partial charge >= 0.3 is 0 Å². The number of carbonyl (C=O) groups is 1. The molecule has 0 N–H and O–H groups in total. The molecule has 0 fully saturated rings. The van der Waals surface area contributed by atoms with Crippen LogP contribution in [0.5, 0.6) is 0 Å². The van der Waals surface area contributed by atoms with Crippen LogP contribution in [0.15, 0.2) is 16.3 Å². The van der Waals surface area contributed by atoms with E-state index in [1.165, 1.54) is 0 Å². The highest BCUT2D eigenvalue weighted by molar-refractivity contribution is 6.06. The normalized spacial score (nSPS) is 18.3. The lowest BCUT2D eigenvalue weighted by molar-refractivity contribution is -0.115. The Morgan fingerprint density at radius 1 is 1.46 bits per heavy atom. The second kappa shape index (κ2) is 3.44. The molecule has 0 atom stereocenters. The zero-order valence-corrected chi connectivity index (χ0v) is 8.85. The zero-order valence-electron chi connectivity index (χ0n) is 8.85. The van der Waals surface area contributed by atoms with E-state index in [-0.39, 0.29) is 11.2 Å². The van der Waals surface area contributed by atoms with Gasteiger partial charge in [0.2, 0.25) is 0 Å². The van der Waals surface area contributed by atoms with E-state index in [9.17, 15) is 4.79 Å². The number of allylic oxidation sites excluding steroid dienone is 2. The van der Waals surface area contributed by atoms with Crippen molar-refractivity contribution in [2.45, 2.75) is 40.5 Å². The third-order valence-corrected chi connectivity index (χ3v) is 2.18. The molecule has 0 aliphatic carbocycles. The first-order chi connectivity index (χ1) is 5.96. The van der Waals surface area contributed by atoms with Crippen molar-refractivity contribution >= 4 is 12.0 Å². The summed E-state index contributed by atoms with van der Waals surface area (Å²) in [5.41, 5.74) is 1.81. The van der Waals surface area contributed by atoms with E-state index in [2.05, 4.69) is 25.8 Å². The molecule has 0 aromatic carbocycles. The van der Waals surface area contributed by atoms with Crippen molar-refractivity contribution in [1.82, 2.24) is 0 Å². The fraction of sp³-hybridized carbons (Fsp3) is 0.636. The number of rotatable bonds is 1. The molecular formula is C11H17NO. The highest BCUT2D eigenvalue weighted by atomic mass is 16.1. The highest BCUT2D eigenvalue weighted by Gasteiger charge is 2.27. The van der Waals surface area contributed by atoms with Gasteiger partial charge in [-0.25, -0.2) is 0 Å². The quantitative estimate of drug-likeness (QED) is 0.608. The van der Waals surface area contributed by atoms with Gasteiger partial charge in [0.15, 0.2) is 5.78 Å². The SMILES string of the molecule is CCC1=C(C(C)(C)C)C(=O)CC=N1. The molecule has 1 heterocycles. The summed E-state index contributed by atoms with van der Waals surface area (Å²) < 4.78 is 0. The van der Waals surface area contributed by atoms with Crippen LogP contribution < -0.4 is 0 Å². The van der Waals surface area contributed by atoms with Crippen LogP contribution in [0, 0.1) is 5.41 Å². The lowest BCUT2D eigenvalue weighted by atomic mass is 9.80. The molecule has 13 heavy (non-hydrogen) atoms. The minimum atomic E-state index is -0.0693. The molecule has 0 aromatic rings. The summed E-state index contributed by atoms with van der Waals surface area (Å²) in [4.78, 5) is 15.9. The molecule has 0 unspecified atom stereocenters. The van der Waals surface area contributed by atoms with Gasteiger partial charge in [0.05, 0.1) is 0 Å². The summed E-state index contributed by atoms with van der Waals surface area (Å²) >= 11 is 0. The average Bonchev–Trinajstić information content (AvgIpc) is 2.01. The van der Waals surface area contributed by atoms with E-state index in [1.54, 1.807) is 6.21 Å². The monoisotopic (exact) mass is 179 g/mol. The fourth-order valence-corrected chi connectivity index (χ4v) is 1.69. The van der Waals surface area contributed by atoms with Gasteiger partial charge in [-0.1, -0.05) is 27.7 Å². The predicted octanol–water partition coefficient (Wildman–Crippen LogP) is 2.74. The molecule has 2 nitrogen and oxygen atoms in total. The maximum atomic E-state index is 11.7. The molecule has 1 rings (SSSR count). The molecule has 0 saturated heterocycles. The van der Waals surface area contributed by atoms with Crippen molar-refractivity contribution in [3.8, 4) is 0 Å². The Labute approximate surface area is 79.8 Å². The Morgan fingerprint density at radius 2 is 2.08 bits per heavy atom. The van der Waals surface area contributed by atoms with Crippen LogP contribution in [-0.4, -0.2) is 12.0 Å². The molecule has 0 spiro atoms. The molecule has 0 amide bonds. The second-order valence-corrected chi connectivity index (χ2v) is 4.36. The zero-order chi connectivity index (χ0) is 10.1. The van der Waals surface area contributed by atoms with Gasteiger partial charge < -0.3 is 0 Å². The maximum absolute atomic E-state index is 11.7. The average molecular weight is 179 g/mol. The van der Waals surface area contributed by atoms with E-state index in [1.807, 2.05) is 6.92 Å². The van der Waals surface area contributed by atoms with Crippen LogP contribution in [0.25, 0.3) is 0 Å². The van der Waals surface area contributed by atoms with Crippen LogP contribution in [0.2, 0.25) is 0 Å². The van der Waals surface area contributed by atoms with Crippen molar-refractivity contribution in [1.29, 1.82) is 0 Å². The van der Waals surface area contributed by atoms with Gasteiger partial charge in [-0.15, -0.1) is 0 Å². The Kier molecular flexibility index (Phi) is 2.69. The standard InChI is InChI=1S/C11H17NO/c1-5-8-10(11(2,3)4)9(13)6-7-12-8/h7H,5-6H2,1-4H3. The van der Waals surface area contributed by atoms with Crippen molar-refractivity contribution in [3.63, 3.8) is 0 Å². The van der Waals surface area contributed by atoms with Crippen LogP contribution in [0.4, 0.5) is 0 Å². The van der Waals surface area contributed by atoms with E-state index in [0.29, 0.717) is 6.42 Å². The van der Waals surface area contributed by atoms with Gasteiger partial charge in [-0.2, -0.15) is 0 Å². The molecule has 0 aromatic heterocycles. The topological polar surface area (TPSA) is 29.4 Å². The summed E-state index contributed by atoms with van der Waals surface area (Å²) in [6.45, 7) is 8.24. The van der Waals surface area contributed by atoms with Gasteiger partial charge in [0.25, 0.3) is 0 Å². The summed E-state index contributed by atoms with van der Waals surface area (Å²) in [5, 5.41) is 0. The number of ketones is 1. The number of aliphatic imine (C=N–C) groups is 1. The molecule has 0 radical (unpaired) electrons. The number of nitrogens with zero attached hydrogens (tertiary/aromatic N) is 1. The molecule has 2 heteroatoms. The van der Waals surface area contributed by atoms with E-state index in [0.717, 1.165) is 17.7 Å². The lowest BCUT2D eigenvalue weighted by Crippen LogP contribution is -2.22. The third-order valence-electron chi connectivity index (χ3n) is 2.18.